The van der Waals surface area contributed by atoms with Gasteiger partial charge in [0.15, 0.2) is 0 Å². The van der Waals surface area contributed by atoms with Crippen molar-refractivity contribution in [1.29, 1.82) is 0 Å². The number of hydrogen-bond acceptors (Lipinski definition) is 3. The predicted molar refractivity (Wildman–Crippen MR) is 66.7 cm³/mol. The third-order valence-corrected chi connectivity index (χ3v) is 3.09. The van der Waals surface area contributed by atoms with Crippen molar-refractivity contribution < 1.29 is 9.53 Å². The molecule has 0 aromatic heterocycles. The van der Waals surface area contributed by atoms with Crippen LogP contribution in [0.2, 0.25) is 0 Å². The molecule has 0 radical (unpaired) electrons. The van der Waals surface area contributed by atoms with Gasteiger partial charge in [0.05, 0.1) is 12.1 Å². The number of methoxy groups -OCH3 is 1. The molecule has 0 saturated carbocycles. The van der Waals surface area contributed by atoms with Crippen molar-refractivity contribution in [1.82, 2.24) is 4.90 Å². The maximum Gasteiger partial charge on any atom is 0.239 e. The van der Waals surface area contributed by atoms with Crippen LogP contribution in [0.15, 0.2) is 0 Å². The van der Waals surface area contributed by atoms with E-state index in [0.29, 0.717) is 6.10 Å². The van der Waals surface area contributed by atoms with E-state index in [9.17, 15) is 4.79 Å². The fourth-order valence-electron chi connectivity index (χ4n) is 1.81. The summed E-state index contributed by atoms with van der Waals surface area (Å²) in [5, 5.41) is 0. The summed E-state index contributed by atoms with van der Waals surface area (Å²) in [5.74, 6) is 0.289. The number of carbonyl (C=O) groups is 1. The van der Waals surface area contributed by atoms with Gasteiger partial charge in [0.1, 0.15) is 0 Å². The lowest BCUT2D eigenvalue weighted by Crippen LogP contribution is -2.50. The number of hydrogen-bond donors (Lipinski definition) is 1. The first-order chi connectivity index (χ1) is 7.06. The Morgan fingerprint density at radius 2 is 1.88 bits per heavy atom. The highest BCUT2D eigenvalue weighted by Gasteiger charge is 2.27. The minimum atomic E-state index is -0.357. The molecule has 1 fully saturated rings. The van der Waals surface area contributed by atoms with E-state index in [1.54, 1.807) is 7.11 Å². The standard InChI is InChI=1S/C11H22N2O2.ClH/c1-8(2)10(12)11(14)13-6-4-9(15-3)5-7-13;/h8-10H,4-7,12H2,1-3H3;1H/t10-;/m1./s1. The van der Waals surface area contributed by atoms with Gasteiger partial charge in [-0.1, -0.05) is 13.8 Å². The highest BCUT2D eigenvalue weighted by atomic mass is 35.5. The number of likely N-dealkylation sites (tertiary alicyclic amines) is 1. The number of amides is 1. The number of nitrogens with zero attached hydrogens (tertiary/aromatic N) is 1. The van der Waals surface area contributed by atoms with E-state index < -0.39 is 0 Å². The number of halogens is 1. The first kappa shape index (κ1) is 15.7. The van der Waals surface area contributed by atoms with Crippen LogP contribution in [0.5, 0.6) is 0 Å². The van der Waals surface area contributed by atoms with Gasteiger partial charge in [-0.15, -0.1) is 12.4 Å². The molecule has 0 aromatic carbocycles. The number of piperidine rings is 1. The van der Waals surface area contributed by atoms with Gasteiger partial charge in [-0.25, -0.2) is 0 Å². The number of rotatable bonds is 3. The van der Waals surface area contributed by atoms with Crippen LogP contribution < -0.4 is 5.73 Å². The molecule has 4 nitrogen and oxygen atoms in total. The fraction of sp³-hybridized carbons (Fsp3) is 0.909. The average Bonchev–Trinajstić information content (AvgIpc) is 2.27. The molecule has 96 valence electrons. The second kappa shape index (κ2) is 7.09. The van der Waals surface area contributed by atoms with Crippen LogP contribution >= 0.6 is 12.4 Å². The molecule has 0 aliphatic carbocycles. The molecule has 1 amide bonds. The molecule has 1 aliphatic heterocycles. The Balaban J connectivity index is 0.00000225. The molecule has 1 heterocycles. The number of nitrogens with two attached hydrogens (primary N) is 1. The molecule has 5 heteroatoms. The van der Waals surface area contributed by atoms with Crippen LogP contribution in [-0.2, 0) is 9.53 Å². The molecule has 16 heavy (non-hydrogen) atoms. The Labute approximate surface area is 104 Å². The van der Waals surface area contributed by atoms with Gasteiger partial charge in [0, 0.05) is 20.2 Å². The first-order valence-corrected chi connectivity index (χ1v) is 5.63. The molecule has 1 saturated heterocycles. The van der Waals surface area contributed by atoms with Crippen molar-refractivity contribution >= 4 is 18.3 Å². The molecule has 0 aromatic rings. The summed E-state index contributed by atoms with van der Waals surface area (Å²) < 4.78 is 5.26. The van der Waals surface area contributed by atoms with Crippen LogP contribution in [0.1, 0.15) is 26.7 Å². The highest BCUT2D eigenvalue weighted by molar-refractivity contribution is 5.85. The average molecular weight is 251 g/mol. The number of carbonyl (C=O) groups excluding carboxylic acids is 1. The Morgan fingerprint density at radius 1 is 1.38 bits per heavy atom. The highest BCUT2D eigenvalue weighted by Crippen LogP contribution is 2.14. The SMILES string of the molecule is COC1CCN(C(=O)[C@H](N)C(C)C)CC1.Cl. The Bertz CT molecular complexity index is 216. The second-order valence-corrected chi connectivity index (χ2v) is 4.53. The minimum absolute atomic E-state index is 0. The Morgan fingerprint density at radius 3 is 2.25 bits per heavy atom. The summed E-state index contributed by atoms with van der Waals surface area (Å²) in [4.78, 5) is 13.8. The van der Waals surface area contributed by atoms with Crippen LogP contribution in [0.25, 0.3) is 0 Å². The smallest absolute Gasteiger partial charge is 0.239 e. The molecule has 0 spiro atoms. The fourth-order valence-corrected chi connectivity index (χ4v) is 1.81. The van der Waals surface area contributed by atoms with E-state index >= 15 is 0 Å². The van der Waals surface area contributed by atoms with E-state index in [1.807, 2.05) is 18.7 Å². The van der Waals surface area contributed by atoms with Gasteiger partial charge in [0.25, 0.3) is 0 Å². The van der Waals surface area contributed by atoms with Crippen molar-refractivity contribution in [3.8, 4) is 0 Å². The van der Waals surface area contributed by atoms with Crippen molar-refractivity contribution in [3.63, 3.8) is 0 Å². The second-order valence-electron chi connectivity index (χ2n) is 4.53. The van der Waals surface area contributed by atoms with Crippen molar-refractivity contribution in [2.75, 3.05) is 20.2 Å². The topological polar surface area (TPSA) is 55.6 Å². The monoisotopic (exact) mass is 250 g/mol. The molecule has 1 atom stereocenters. The van der Waals surface area contributed by atoms with Gasteiger partial charge < -0.3 is 15.4 Å². The lowest BCUT2D eigenvalue weighted by molar-refractivity contribution is -0.135. The molecular weight excluding hydrogens is 228 g/mol. The Kier molecular flexibility index (Phi) is 6.95. The normalized spacial score (nSPS) is 19.4. The summed E-state index contributed by atoms with van der Waals surface area (Å²) in [7, 11) is 1.72. The first-order valence-electron chi connectivity index (χ1n) is 5.63. The zero-order valence-corrected chi connectivity index (χ0v) is 11.1. The molecule has 2 N–H and O–H groups in total. The minimum Gasteiger partial charge on any atom is -0.381 e. The maximum absolute atomic E-state index is 11.9. The van der Waals surface area contributed by atoms with E-state index in [2.05, 4.69) is 0 Å². The summed E-state index contributed by atoms with van der Waals surface area (Å²) in [6, 6.07) is -0.357. The van der Waals surface area contributed by atoms with Crippen LogP contribution in [0.3, 0.4) is 0 Å². The molecule has 1 rings (SSSR count). The van der Waals surface area contributed by atoms with E-state index in [1.165, 1.54) is 0 Å². The molecule has 0 unspecified atom stereocenters. The molecule has 0 bridgehead atoms. The number of ether oxygens (including phenoxy) is 1. The van der Waals surface area contributed by atoms with Gasteiger partial charge in [-0.05, 0) is 18.8 Å². The van der Waals surface area contributed by atoms with E-state index in [4.69, 9.17) is 10.5 Å². The van der Waals surface area contributed by atoms with Gasteiger partial charge >= 0.3 is 0 Å². The van der Waals surface area contributed by atoms with E-state index in [0.717, 1.165) is 25.9 Å². The lowest BCUT2D eigenvalue weighted by atomic mass is 10.0. The van der Waals surface area contributed by atoms with Crippen molar-refractivity contribution in [3.05, 3.63) is 0 Å². The third kappa shape index (κ3) is 3.92. The summed E-state index contributed by atoms with van der Waals surface area (Å²) in [6.45, 7) is 5.50. The predicted octanol–water partition coefficient (Wildman–Crippen LogP) is 1.03. The largest absolute Gasteiger partial charge is 0.381 e. The quantitative estimate of drug-likeness (QED) is 0.814. The van der Waals surface area contributed by atoms with Gasteiger partial charge in [-0.2, -0.15) is 0 Å². The zero-order chi connectivity index (χ0) is 11.4. The summed E-state index contributed by atoms with van der Waals surface area (Å²) >= 11 is 0. The van der Waals surface area contributed by atoms with Crippen LogP contribution in [-0.4, -0.2) is 43.2 Å². The van der Waals surface area contributed by atoms with Gasteiger partial charge in [0.2, 0.25) is 5.91 Å². The molecule has 1 aliphatic rings. The van der Waals surface area contributed by atoms with E-state index in [-0.39, 0.29) is 30.3 Å². The maximum atomic E-state index is 11.9. The van der Waals surface area contributed by atoms with Crippen molar-refractivity contribution in [2.24, 2.45) is 11.7 Å². The Hall–Kier alpha value is -0.320. The zero-order valence-electron chi connectivity index (χ0n) is 10.3. The van der Waals surface area contributed by atoms with Crippen LogP contribution in [0.4, 0.5) is 0 Å². The van der Waals surface area contributed by atoms with Crippen LogP contribution in [0, 0.1) is 5.92 Å². The lowest BCUT2D eigenvalue weighted by Gasteiger charge is -2.33. The van der Waals surface area contributed by atoms with Gasteiger partial charge in [-0.3, -0.25) is 4.79 Å². The van der Waals surface area contributed by atoms with Crippen molar-refractivity contribution in [2.45, 2.75) is 38.8 Å². The summed E-state index contributed by atoms with van der Waals surface area (Å²) in [5.41, 5.74) is 5.84. The summed E-state index contributed by atoms with van der Waals surface area (Å²) in [6.07, 6.45) is 2.16. The third-order valence-electron chi connectivity index (χ3n) is 3.09. The molecular formula is C11H23ClN2O2.